The van der Waals surface area contributed by atoms with Crippen molar-refractivity contribution in [3.05, 3.63) is 28.2 Å². The summed E-state index contributed by atoms with van der Waals surface area (Å²) in [5, 5.41) is 21.4. The molecule has 1 aromatic rings. The van der Waals surface area contributed by atoms with E-state index in [-0.39, 0.29) is 0 Å². The standard InChI is InChI=1S/C12H11BrN2O2/c13-9-2-3-10(8(6-9)7-14)15-11(16)12(17)4-1-5-12/h2-3,6,17H,1,4-5H2,(H,15,16). The lowest BCUT2D eigenvalue weighted by atomic mass is 9.79. The first-order valence-corrected chi connectivity index (χ1v) is 6.08. The largest absolute Gasteiger partial charge is 0.380 e. The molecule has 0 unspecified atom stereocenters. The average Bonchev–Trinajstić information content (AvgIpc) is 2.28. The predicted molar refractivity (Wildman–Crippen MR) is 66.3 cm³/mol. The molecule has 0 bridgehead atoms. The van der Waals surface area contributed by atoms with E-state index in [2.05, 4.69) is 21.2 Å². The summed E-state index contributed by atoms with van der Waals surface area (Å²) in [4.78, 5) is 11.8. The fourth-order valence-corrected chi connectivity index (χ4v) is 2.06. The number of nitriles is 1. The number of carbonyl (C=O) groups is 1. The van der Waals surface area contributed by atoms with Crippen molar-refractivity contribution in [2.45, 2.75) is 24.9 Å². The van der Waals surface area contributed by atoms with Crippen molar-refractivity contribution in [1.29, 1.82) is 5.26 Å². The van der Waals surface area contributed by atoms with E-state index in [0.717, 1.165) is 10.9 Å². The van der Waals surface area contributed by atoms with E-state index in [1.165, 1.54) is 0 Å². The van der Waals surface area contributed by atoms with Crippen LogP contribution in [0, 0.1) is 11.3 Å². The van der Waals surface area contributed by atoms with Crippen LogP contribution in [0.25, 0.3) is 0 Å². The number of nitrogens with zero attached hydrogens (tertiary/aromatic N) is 1. The SMILES string of the molecule is N#Cc1cc(Br)ccc1NC(=O)C1(O)CCC1. The van der Waals surface area contributed by atoms with Crippen LogP contribution in [-0.4, -0.2) is 16.6 Å². The summed E-state index contributed by atoms with van der Waals surface area (Å²) in [5.74, 6) is -0.428. The molecule has 1 aromatic carbocycles. The molecule has 0 spiro atoms. The minimum absolute atomic E-state index is 0.371. The smallest absolute Gasteiger partial charge is 0.256 e. The van der Waals surface area contributed by atoms with Gasteiger partial charge in [-0.25, -0.2) is 0 Å². The van der Waals surface area contributed by atoms with Gasteiger partial charge >= 0.3 is 0 Å². The third-order valence-electron chi connectivity index (χ3n) is 2.95. The molecule has 0 saturated heterocycles. The lowest BCUT2D eigenvalue weighted by Gasteiger charge is -2.34. The zero-order chi connectivity index (χ0) is 12.5. The van der Waals surface area contributed by atoms with Gasteiger partial charge in [-0.2, -0.15) is 5.26 Å². The second kappa shape index (κ2) is 4.47. The number of halogens is 1. The van der Waals surface area contributed by atoms with Crippen molar-refractivity contribution in [2.75, 3.05) is 5.32 Å². The zero-order valence-electron chi connectivity index (χ0n) is 9.03. The highest BCUT2D eigenvalue weighted by Crippen LogP contribution is 2.33. The highest BCUT2D eigenvalue weighted by atomic mass is 79.9. The number of benzene rings is 1. The maximum absolute atomic E-state index is 11.8. The van der Waals surface area contributed by atoms with Gasteiger partial charge in [0.25, 0.3) is 5.91 Å². The lowest BCUT2D eigenvalue weighted by Crippen LogP contribution is -2.48. The van der Waals surface area contributed by atoms with Gasteiger partial charge in [-0.05, 0) is 37.5 Å². The van der Waals surface area contributed by atoms with Crippen LogP contribution in [0.5, 0.6) is 0 Å². The Kier molecular flexibility index (Phi) is 3.18. The van der Waals surface area contributed by atoms with Crippen molar-refractivity contribution in [3.63, 3.8) is 0 Å². The van der Waals surface area contributed by atoms with Crippen LogP contribution in [-0.2, 0) is 4.79 Å². The summed E-state index contributed by atoms with van der Waals surface area (Å²) in [7, 11) is 0. The van der Waals surface area contributed by atoms with Crippen molar-refractivity contribution in [1.82, 2.24) is 0 Å². The molecular formula is C12H11BrN2O2. The van der Waals surface area contributed by atoms with Gasteiger partial charge in [0.2, 0.25) is 0 Å². The van der Waals surface area contributed by atoms with Gasteiger partial charge in [-0.1, -0.05) is 15.9 Å². The first-order valence-electron chi connectivity index (χ1n) is 5.29. The van der Waals surface area contributed by atoms with Crippen molar-refractivity contribution in [3.8, 4) is 6.07 Å². The molecule has 0 radical (unpaired) electrons. The number of carbonyl (C=O) groups excluding carboxylic acids is 1. The Morgan fingerprint density at radius 1 is 1.53 bits per heavy atom. The van der Waals surface area contributed by atoms with Crippen LogP contribution < -0.4 is 5.32 Å². The third-order valence-corrected chi connectivity index (χ3v) is 3.45. The maximum atomic E-state index is 11.8. The quantitative estimate of drug-likeness (QED) is 0.878. The second-order valence-electron chi connectivity index (χ2n) is 4.14. The minimum atomic E-state index is -1.25. The molecule has 2 N–H and O–H groups in total. The molecule has 17 heavy (non-hydrogen) atoms. The van der Waals surface area contributed by atoms with Crippen LogP contribution in [0.15, 0.2) is 22.7 Å². The fourth-order valence-electron chi connectivity index (χ4n) is 1.70. The van der Waals surface area contributed by atoms with Crippen LogP contribution in [0.1, 0.15) is 24.8 Å². The molecule has 4 nitrogen and oxygen atoms in total. The number of hydrogen-bond acceptors (Lipinski definition) is 3. The minimum Gasteiger partial charge on any atom is -0.380 e. The number of rotatable bonds is 2. The average molecular weight is 295 g/mol. The monoisotopic (exact) mass is 294 g/mol. The van der Waals surface area contributed by atoms with Crippen LogP contribution in [0.3, 0.4) is 0 Å². The molecule has 88 valence electrons. The normalized spacial score (nSPS) is 16.8. The molecule has 0 atom stereocenters. The predicted octanol–water partition coefficient (Wildman–Crippen LogP) is 2.17. The van der Waals surface area contributed by atoms with Gasteiger partial charge in [0.15, 0.2) is 0 Å². The van der Waals surface area contributed by atoms with E-state index in [0.29, 0.717) is 24.1 Å². The Morgan fingerprint density at radius 2 is 2.24 bits per heavy atom. The van der Waals surface area contributed by atoms with Crippen LogP contribution in [0.4, 0.5) is 5.69 Å². The number of nitrogens with one attached hydrogen (secondary N) is 1. The van der Waals surface area contributed by atoms with Crippen molar-refractivity contribution >= 4 is 27.5 Å². The molecule has 0 aromatic heterocycles. The lowest BCUT2D eigenvalue weighted by molar-refractivity contribution is -0.142. The van der Waals surface area contributed by atoms with E-state index in [1.54, 1.807) is 18.2 Å². The van der Waals surface area contributed by atoms with Gasteiger partial charge < -0.3 is 10.4 Å². The molecular weight excluding hydrogens is 284 g/mol. The number of anilines is 1. The molecule has 2 rings (SSSR count). The third kappa shape index (κ3) is 2.33. The Morgan fingerprint density at radius 3 is 2.76 bits per heavy atom. The Hall–Kier alpha value is -1.38. The summed E-state index contributed by atoms with van der Waals surface area (Å²) >= 11 is 3.25. The van der Waals surface area contributed by atoms with E-state index in [9.17, 15) is 9.90 Å². The van der Waals surface area contributed by atoms with Crippen LogP contribution >= 0.6 is 15.9 Å². The van der Waals surface area contributed by atoms with E-state index < -0.39 is 11.5 Å². The Labute approximate surface area is 107 Å². The second-order valence-corrected chi connectivity index (χ2v) is 5.06. The zero-order valence-corrected chi connectivity index (χ0v) is 10.6. The highest BCUT2D eigenvalue weighted by Gasteiger charge is 2.42. The highest BCUT2D eigenvalue weighted by molar-refractivity contribution is 9.10. The van der Waals surface area contributed by atoms with Crippen LogP contribution in [0.2, 0.25) is 0 Å². The van der Waals surface area contributed by atoms with Crippen molar-refractivity contribution in [2.24, 2.45) is 0 Å². The van der Waals surface area contributed by atoms with E-state index in [4.69, 9.17) is 5.26 Å². The Bertz CT molecular complexity index is 504. The molecule has 1 saturated carbocycles. The van der Waals surface area contributed by atoms with E-state index >= 15 is 0 Å². The summed E-state index contributed by atoms with van der Waals surface area (Å²) in [6, 6.07) is 7.01. The van der Waals surface area contributed by atoms with Crippen molar-refractivity contribution < 1.29 is 9.90 Å². The van der Waals surface area contributed by atoms with E-state index in [1.807, 2.05) is 6.07 Å². The topological polar surface area (TPSA) is 73.1 Å². The Balaban J connectivity index is 2.19. The van der Waals surface area contributed by atoms with Gasteiger partial charge in [0.1, 0.15) is 11.7 Å². The summed E-state index contributed by atoms with van der Waals surface area (Å²) in [6.07, 6.45) is 1.82. The van der Waals surface area contributed by atoms with Gasteiger partial charge in [-0.15, -0.1) is 0 Å². The molecule has 1 amide bonds. The number of hydrogen-bond donors (Lipinski definition) is 2. The summed E-state index contributed by atoms with van der Waals surface area (Å²) in [6.45, 7) is 0. The first kappa shape index (κ1) is 12.1. The number of amides is 1. The fraction of sp³-hybridized carbons (Fsp3) is 0.333. The van der Waals surface area contributed by atoms with Gasteiger partial charge in [0.05, 0.1) is 11.3 Å². The number of aliphatic hydroxyl groups is 1. The molecule has 1 aliphatic rings. The molecule has 0 aliphatic heterocycles. The first-order chi connectivity index (χ1) is 8.05. The summed E-state index contributed by atoms with van der Waals surface area (Å²) in [5.41, 5.74) is -0.448. The molecule has 1 fully saturated rings. The van der Waals surface area contributed by atoms with Gasteiger partial charge in [-0.3, -0.25) is 4.79 Å². The molecule has 0 heterocycles. The summed E-state index contributed by atoms with van der Waals surface area (Å²) < 4.78 is 0.773. The maximum Gasteiger partial charge on any atom is 0.256 e. The molecule has 5 heteroatoms. The molecule has 1 aliphatic carbocycles. The van der Waals surface area contributed by atoms with Gasteiger partial charge in [0, 0.05) is 4.47 Å².